The molecule has 3 aromatic rings. The van der Waals surface area contributed by atoms with Crippen LogP contribution >= 0.6 is 0 Å². The molecule has 0 aliphatic heterocycles. The van der Waals surface area contributed by atoms with Crippen molar-refractivity contribution in [1.29, 1.82) is 0 Å². The molecule has 2 N–H and O–H groups in total. The minimum atomic E-state index is -0.727. The van der Waals surface area contributed by atoms with Crippen molar-refractivity contribution in [3.8, 4) is 0 Å². The number of carbonyl (C=O) groups excluding carboxylic acids is 2. The zero-order chi connectivity index (χ0) is 21.5. The van der Waals surface area contributed by atoms with Crippen LogP contribution in [0.4, 0.5) is 11.6 Å². The van der Waals surface area contributed by atoms with Crippen LogP contribution in [0.25, 0.3) is 0 Å². The zero-order valence-corrected chi connectivity index (χ0v) is 16.3. The summed E-state index contributed by atoms with van der Waals surface area (Å²) >= 11 is 0. The first-order valence-electron chi connectivity index (χ1n) is 9.47. The van der Waals surface area contributed by atoms with Crippen LogP contribution in [0.2, 0.25) is 0 Å². The number of nitrogens with one attached hydrogen (secondary N) is 2. The largest absolute Gasteiger partial charge is 0.433 e. The molecule has 0 saturated heterocycles. The summed E-state index contributed by atoms with van der Waals surface area (Å²) in [6.45, 7) is 2.51. The Morgan fingerprint density at radius 1 is 1.00 bits per heavy atom. The van der Waals surface area contributed by atoms with E-state index < -0.39 is 16.7 Å². The maximum atomic E-state index is 12.8. The van der Waals surface area contributed by atoms with Crippen molar-refractivity contribution in [2.24, 2.45) is 0 Å². The van der Waals surface area contributed by atoms with Crippen LogP contribution in [0.3, 0.4) is 0 Å². The monoisotopic (exact) mass is 407 g/mol. The van der Waals surface area contributed by atoms with Gasteiger partial charge in [0.15, 0.2) is 5.76 Å². The predicted molar refractivity (Wildman–Crippen MR) is 112 cm³/mol. The molecule has 0 unspecified atom stereocenters. The van der Waals surface area contributed by atoms with Crippen LogP contribution in [0.1, 0.15) is 45.7 Å². The van der Waals surface area contributed by atoms with E-state index in [0.29, 0.717) is 6.54 Å². The number of nitrogens with zero attached hydrogens (tertiary/aromatic N) is 1. The van der Waals surface area contributed by atoms with E-state index in [4.69, 9.17) is 4.42 Å². The van der Waals surface area contributed by atoms with E-state index >= 15 is 0 Å². The Bertz CT molecular complexity index is 1050. The van der Waals surface area contributed by atoms with Crippen molar-refractivity contribution in [3.63, 3.8) is 0 Å². The highest BCUT2D eigenvalue weighted by Gasteiger charge is 2.20. The Hall–Kier alpha value is -3.94. The van der Waals surface area contributed by atoms with E-state index in [9.17, 15) is 19.7 Å². The van der Waals surface area contributed by atoms with Crippen molar-refractivity contribution in [3.05, 3.63) is 93.7 Å². The molecule has 0 radical (unpaired) electrons. The van der Waals surface area contributed by atoms with E-state index in [0.717, 1.165) is 18.1 Å². The van der Waals surface area contributed by atoms with Crippen LogP contribution in [-0.2, 0) is 0 Å². The first kappa shape index (κ1) is 20.8. The Morgan fingerprint density at radius 3 is 2.37 bits per heavy atom. The molecule has 8 heteroatoms. The first-order valence-corrected chi connectivity index (χ1v) is 9.47. The number of nitro groups is 1. The summed E-state index contributed by atoms with van der Waals surface area (Å²) in [5.41, 5.74) is 1.71. The summed E-state index contributed by atoms with van der Waals surface area (Å²) in [5.74, 6) is -1.59. The predicted octanol–water partition coefficient (Wildman–Crippen LogP) is 4.36. The lowest BCUT2D eigenvalue weighted by molar-refractivity contribution is -0.402. The number of para-hydroxylation sites is 1. The second kappa shape index (κ2) is 9.51. The fraction of sp³-hybridized carbons (Fsp3) is 0.182. The van der Waals surface area contributed by atoms with Crippen molar-refractivity contribution in [2.75, 3.05) is 11.9 Å². The second-order valence-corrected chi connectivity index (χ2v) is 6.62. The number of amides is 2. The molecule has 1 heterocycles. The van der Waals surface area contributed by atoms with Gasteiger partial charge in [-0.1, -0.05) is 49.4 Å². The topological polar surface area (TPSA) is 114 Å². The third kappa shape index (κ3) is 4.91. The van der Waals surface area contributed by atoms with Crippen molar-refractivity contribution < 1.29 is 18.9 Å². The lowest BCUT2D eigenvalue weighted by atomic mass is 9.96. The standard InChI is InChI=1S/C22H21N3O5/c1-2-15(16-8-4-3-5-9-16)14-23-21(26)17-10-6-7-11-18(17)24-22(27)19-12-13-20(30-19)25(28)29/h3-13,15H,2,14H2,1H3,(H,23,26)(H,24,27)/t15-/m1/s1. The van der Waals surface area contributed by atoms with Crippen LogP contribution in [0.15, 0.2) is 71.1 Å². The molecule has 2 aromatic carbocycles. The second-order valence-electron chi connectivity index (χ2n) is 6.62. The van der Waals surface area contributed by atoms with Gasteiger partial charge >= 0.3 is 5.88 Å². The third-order valence-corrected chi connectivity index (χ3v) is 4.69. The summed E-state index contributed by atoms with van der Waals surface area (Å²) in [7, 11) is 0. The van der Waals surface area contributed by atoms with Crippen LogP contribution in [0.5, 0.6) is 0 Å². The molecule has 1 aromatic heterocycles. The fourth-order valence-corrected chi connectivity index (χ4v) is 3.06. The molecule has 3 rings (SSSR count). The van der Waals surface area contributed by atoms with Gasteiger partial charge in [-0.15, -0.1) is 0 Å². The van der Waals surface area contributed by atoms with Crippen molar-refractivity contribution in [2.45, 2.75) is 19.3 Å². The molecular formula is C22H21N3O5. The van der Waals surface area contributed by atoms with Gasteiger partial charge in [-0.2, -0.15) is 0 Å². The summed E-state index contributed by atoms with van der Waals surface area (Å²) in [5, 5.41) is 16.2. The number of carbonyl (C=O) groups is 2. The molecule has 154 valence electrons. The van der Waals surface area contributed by atoms with Gasteiger partial charge in [0.25, 0.3) is 11.8 Å². The molecule has 1 atom stereocenters. The number of furan rings is 1. The number of hydrogen-bond acceptors (Lipinski definition) is 5. The molecule has 30 heavy (non-hydrogen) atoms. The lowest BCUT2D eigenvalue weighted by Gasteiger charge is -2.17. The van der Waals surface area contributed by atoms with E-state index in [1.54, 1.807) is 24.3 Å². The average molecular weight is 407 g/mol. The molecule has 2 amide bonds. The molecule has 0 spiro atoms. The van der Waals surface area contributed by atoms with Gasteiger partial charge in [0.2, 0.25) is 0 Å². The molecule has 0 aliphatic rings. The average Bonchev–Trinajstić information content (AvgIpc) is 3.26. The minimum Gasteiger partial charge on any atom is -0.395 e. The highest BCUT2D eigenvalue weighted by atomic mass is 16.6. The molecular weight excluding hydrogens is 386 g/mol. The molecule has 0 bridgehead atoms. The molecule has 0 fully saturated rings. The highest BCUT2D eigenvalue weighted by Crippen LogP contribution is 2.21. The molecule has 0 aliphatic carbocycles. The van der Waals surface area contributed by atoms with Gasteiger partial charge in [-0.3, -0.25) is 19.7 Å². The van der Waals surface area contributed by atoms with E-state index in [2.05, 4.69) is 17.6 Å². The van der Waals surface area contributed by atoms with Gasteiger partial charge in [0.1, 0.15) is 4.92 Å². The summed E-state index contributed by atoms with van der Waals surface area (Å²) < 4.78 is 4.91. The van der Waals surface area contributed by atoms with Crippen molar-refractivity contribution in [1.82, 2.24) is 5.32 Å². The number of hydrogen-bond donors (Lipinski definition) is 2. The van der Waals surface area contributed by atoms with E-state index in [-0.39, 0.29) is 28.8 Å². The number of anilines is 1. The Morgan fingerprint density at radius 2 is 1.70 bits per heavy atom. The van der Waals surface area contributed by atoms with Crippen LogP contribution < -0.4 is 10.6 Å². The van der Waals surface area contributed by atoms with Gasteiger partial charge in [0.05, 0.1) is 17.3 Å². The van der Waals surface area contributed by atoms with Gasteiger partial charge in [-0.25, -0.2) is 0 Å². The third-order valence-electron chi connectivity index (χ3n) is 4.69. The molecule has 0 saturated carbocycles. The van der Waals surface area contributed by atoms with Gasteiger partial charge in [-0.05, 0) is 30.2 Å². The van der Waals surface area contributed by atoms with Gasteiger partial charge in [0, 0.05) is 12.5 Å². The lowest BCUT2D eigenvalue weighted by Crippen LogP contribution is -2.29. The quantitative estimate of drug-likeness (QED) is 0.425. The first-order chi connectivity index (χ1) is 14.5. The van der Waals surface area contributed by atoms with E-state index in [1.807, 2.05) is 30.3 Å². The highest BCUT2D eigenvalue weighted by molar-refractivity contribution is 6.08. The number of benzene rings is 2. The normalized spacial score (nSPS) is 11.5. The number of rotatable bonds is 8. The summed E-state index contributed by atoms with van der Waals surface area (Å²) in [4.78, 5) is 35.1. The Labute approximate surface area is 173 Å². The maximum Gasteiger partial charge on any atom is 0.433 e. The van der Waals surface area contributed by atoms with Crippen molar-refractivity contribution >= 4 is 23.4 Å². The minimum absolute atomic E-state index is 0.167. The summed E-state index contributed by atoms with van der Waals surface area (Å²) in [6, 6.07) is 18.8. The van der Waals surface area contributed by atoms with Gasteiger partial charge < -0.3 is 15.1 Å². The smallest absolute Gasteiger partial charge is 0.395 e. The fourth-order valence-electron chi connectivity index (χ4n) is 3.06. The Kier molecular flexibility index (Phi) is 6.59. The van der Waals surface area contributed by atoms with Crippen LogP contribution in [-0.4, -0.2) is 23.3 Å². The van der Waals surface area contributed by atoms with Crippen LogP contribution in [0, 0.1) is 10.1 Å². The maximum absolute atomic E-state index is 12.8. The molecule has 8 nitrogen and oxygen atoms in total. The SMILES string of the molecule is CC[C@H](CNC(=O)c1ccccc1NC(=O)c1ccc([N+](=O)[O-])o1)c1ccccc1. The Balaban J connectivity index is 1.70. The van der Waals surface area contributed by atoms with E-state index in [1.165, 1.54) is 6.07 Å². The summed E-state index contributed by atoms with van der Waals surface area (Å²) in [6.07, 6.45) is 0.861. The zero-order valence-electron chi connectivity index (χ0n) is 16.3.